The highest BCUT2D eigenvalue weighted by molar-refractivity contribution is 7.80. The lowest BCUT2D eigenvalue weighted by Crippen LogP contribution is -2.29. The third-order valence-corrected chi connectivity index (χ3v) is 6.23. The van der Waals surface area contributed by atoms with E-state index < -0.39 is 11.1 Å². The van der Waals surface area contributed by atoms with Crippen molar-refractivity contribution in [3.8, 4) is 5.75 Å². The summed E-state index contributed by atoms with van der Waals surface area (Å²) < 4.78 is 18.2. The molecule has 4 nitrogen and oxygen atoms in total. The second-order valence-corrected chi connectivity index (χ2v) is 8.27. The molecule has 2 heterocycles. The summed E-state index contributed by atoms with van der Waals surface area (Å²) in [4.78, 5) is 6.43. The van der Waals surface area contributed by atoms with Crippen molar-refractivity contribution >= 4 is 22.0 Å². The van der Waals surface area contributed by atoms with Crippen LogP contribution in [-0.4, -0.2) is 34.2 Å². The lowest BCUT2D eigenvalue weighted by atomic mass is 9.89. The molecule has 0 aliphatic carbocycles. The normalized spacial score (nSPS) is 17.5. The highest BCUT2D eigenvalue weighted by Gasteiger charge is 2.21. The van der Waals surface area contributed by atoms with Crippen LogP contribution in [0.15, 0.2) is 53.6 Å². The Labute approximate surface area is 156 Å². The first-order valence-corrected chi connectivity index (χ1v) is 10.1. The number of nitrogens with one attached hydrogen (secondary N) is 1. The van der Waals surface area contributed by atoms with Crippen LogP contribution in [0.1, 0.15) is 29.9 Å². The minimum atomic E-state index is -1.51. The number of H-pyrrole nitrogens is 1. The van der Waals surface area contributed by atoms with E-state index in [1.165, 1.54) is 23.8 Å². The highest BCUT2D eigenvalue weighted by Crippen LogP contribution is 2.34. The topological polar surface area (TPSA) is 45.3 Å². The molecule has 0 radical (unpaired) electrons. The van der Waals surface area contributed by atoms with Crippen molar-refractivity contribution in [3.05, 3.63) is 59.8 Å². The lowest BCUT2D eigenvalue weighted by molar-refractivity contribution is 0.256. The highest BCUT2D eigenvalue weighted by atomic mass is 32.2. The van der Waals surface area contributed by atoms with Crippen LogP contribution < -0.4 is 4.18 Å². The summed E-state index contributed by atoms with van der Waals surface area (Å²) in [5, 5.41) is 1.18. The fourth-order valence-electron chi connectivity index (χ4n) is 3.62. The predicted molar refractivity (Wildman–Crippen MR) is 106 cm³/mol. The molecule has 1 unspecified atom stereocenters. The van der Waals surface area contributed by atoms with Crippen LogP contribution in [0.25, 0.3) is 10.9 Å². The second-order valence-electron chi connectivity index (χ2n) is 7.16. The Hall–Kier alpha value is -2.11. The van der Waals surface area contributed by atoms with Gasteiger partial charge in [0.05, 0.1) is 4.90 Å². The Morgan fingerprint density at radius 2 is 1.85 bits per heavy atom. The maximum atomic E-state index is 12.5. The molecule has 0 saturated carbocycles. The zero-order chi connectivity index (χ0) is 18.1. The van der Waals surface area contributed by atoms with Crippen molar-refractivity contribution < 1.29 is 8.39 Å². The average molecular weight is 369 g/mol. The molecule has 2 aromatic carbocycles. The largest absolute Gasteiger partial charge is 0.397 e. The SMILES string of the molecule is Cc1ccc(S(=O)Oc2ccc3[nH]cc(C4CCN(C)CC4)c3c2)cc1. The first kappa shape index (κ1) is 17.3. The van der Waals surface area contributed by atoms with Crippen LogP contribution in [0, 0.1) is 6.92 Å². The summed E-state index contributed by atoms with van der Waals surface area (Å²) in [7, 11) is 2.18. The molecule has 1 aliphatic heterocycles. The van der Waals surface area contributed by atoms with Gasteiger partial charge >= 0.3 is 0 Å². The molecule has 26 heavy (non-hydrogen) atoms. The number of aromatic nitrogens is 1. The molecular weight excluding hydrogens is 344 g/mol. The minimum Gasteiger partial charge on any atom is -0.397 e. The zero-order valence-corrected chi connectivity index (χ0v) is 16.0. The van der Waals surface area contributed by atoms with E-state index in [0.29, 0.717) is 16.6 Å². The van der Waals surface area contributed by atoms with Gasteiger partial charge in [0.2, 0.25) is 11.1 Å². The molecule has 1 aromatic heterocycles. The van der Waals surface area contributed by atoms with Gasteiger partial charge in [-0.05, 0) is 81.7 Å². The fourth-order valence-corrected chi connectivity index (χ4v) is 4.35. The van der Waals surface area contributed by atoms with Gasteiger partial charge in [-0.3, -0.25) is 0 Å². The molecule has 1 fully saturated rings. The summed E-state index contributed by atoms with van der Waals surface area (Å²) >= 11 is -1.51. The molecule has 0 amide bonds. The number of aryl methyl sites for hydroxylation is 1. The third-order valence-electron chi connectivity index (χ3n) is 5.23. The monoisotopic (exact) mass is 368 g/mol. The Bertz CT molecular complexity index is 925. The molecule has 1 atom stereocenters. The molecule has 1 saturated heterocycles. The number of piperidine rings is 1. The number of likely N-dealkylation sites (tertiary alicyclic amines) is 1. The smallest absolute Gasteiger partial charge is 0.240 e. The van der Waals surface area contributed by atoms with E-state index in [9.17, 15) is 4.21 Å². The third kappa shape index (κ3) is 3.55. The molecule has 136 valence electrons. The fraction of sp³-hybridized carbons (Fsp3) is 0.333. The van der Waals surface area contributed by atoms with Crippen LogP contribution in [0.3, 0.4) is 0 Å². The summed E-state index contributed by atoms with van der Waals surface area (Å²) in [5.41, 5.74) is 3.59. The number of fused-ring (bicyclic) bond motifs is 1. The first-order valence-electron chi connectivity index (χ1n) is 9.06. The Morgan fingerprint density at radius 1 is 1.12 bits per heavy atom. The van der Waals surface area contributed by atoms with E-state index in [-0.39, 0.29) is 0 Å². The zero-order valence-electron chi connectivity index (χ0n) is 15.2. The van der Waals surface area contributed by atoms with Crippen LogP contribution in [0.4, 0.5) is 0 Å². The number of hydrogen-bond donors (Lipinski definition) is 1. The number of rotatable bonds is 4. The van der Waals surface area contributed by atoms with Crippen molar-refractivity contribution in [2.24, 2.45) is 0 Å². The molecule has 1 N–H and O–H groups in total. The van der Waals surface area contributed by atoms with Gasteiger partial charge in [-0.15, -0.1) is 0 Å². The van der Waals surface area contributed by atoms with E-state index in [1.54, 1.807) is 0 Å². The maximum absolute atomic E-state index is 12.5. The van der Waals surface area contributed by atoms with Gasteiger partial charge in [0, 0.05) is 17.1 Å². The number of nitrogens with zero attached hydrogens (tertiary/aromatic N) is 1. The standard InChI is InChI=1S/C21H24N2O2S/c1-15-3-6-18(7-4-15)26(24)25-17-5-8-21-19(13-17)20(14-22-21)16-9-11-23(2)12-10-16/h3-8,13-14,16,22H,9-12H2,1-2H3. The molecule has 1 aliphatic rings. The van der Waals surface area contributed by atoms with Gasteiger partial charge in [-0.1, -0.05) is 17.7 Å². The van der Waals surface area contributed by atoms with Crippen molar-refractivity contribution in [2.75, 3.05) is 20.1 Å². The van der Waals surface area contributed by atoms with E-state index in [0.717, 1.165) is 24.2 Å². The van der Waals surface area contributed by atoms with Crippen LogP contribution >= 0.6 is 0 Å². The quantitative estimate of drug-likeness (QED) is 0.743. The van der Waals surface area contributed by atoms with Gasteiger partial charge in [0.1, 0.15) is 5.75 Å². The molecule has 5 heteroatoms. The van der Waals surface area contributed by atoms with Gasteiger partial charge in [0.25, 0.3) is 0 Å². The molecule has 4 rings (SSSR count). The van der Waals surface area contributed by atoms with Gasteiger partial charge in [0.15, 0.2) is 0 Å². The first-order chi connectivity index (χ1) is 12.6. The molecule has 3 aromatic rings. The van der Waals surface area contributed by atoms with Crippen molar-refractivity contribution in [1.29, 1.82) is 0 Å². The van der Waals surface area contributed by atoms with Crippen molar-refractivity contribution in [2.45, 2.75) is 30.6 Å². The van der Waals surface area contributed by atoms with Crippen molar-refractivity contribution in [1.82, 2.24) is 9.88 Å². The van der Waals surface area contributed by atoms with Crippen LogP contribution in [0.5, 0.6) is 5.75 Å². The number of aromatic amines is 1. The molecule has 0 spiro atoms. The second kappa shape index (κ2) is 7.25. The Kier molecular flexibility index (Phi) is 4.83. The van der Waals surface area contributed by atoms with Crippen LogP contribution in [0.2, 0.25) is 0 Å². The van der Waals surface area contributed by atoms with E-state index in [4.69, 9.17) is 4.18 Å². The van der Waals surface area contributed by atoms with Crippen molar-refractivity contribution in [3.63, 3.8) is 0 Å². The van der Waals surface area contributed by atoms with E-state index >= 15 is 0 Å². The maximum Gasteiger partial charge on any atom is 0.240 e. The Morgan fingerprint density at radius 3 is 2.58 bits per heavy atom. The van der Waals surface area contributed by atoms with Gasteiger partial charge < -0.3 is 14.1 Å². The summed E-state index contributed by atoms with van der Waals surface area (Å²) in [5.74, 6) is 1.21. The minimum absolute atomic E-state index is 0.567. The summed E-state index contributed by atoms with van der Waals surface area (Å²) in [6.45, 7) is 4.27. The predicted octanol–water partition coefficient (Wildman–Crippen LogP) is 4.39. The Balaban J connectivity index is 1.57. The summed E-state index contributed by atoms with van der Waals surface area (Å²) in [6.07, 6.45) is 4.47. The number of hydrogen-bond acceptors (Lipinski definition) is 3. The molecule has 0 bridgehead atoms. The summed E-state index contributed by atoms with van der Waals surface area (Å²) in [6, 6.07) is 13.5. The van der Waals surface area contributed by atoms with E-state index in [2.05, 4.69) is 23.1 Å². The van der Waals surface area contributed by atoms with Gasteiger partial charge in [-0.25, -0.2) is 4.21 Å². The van der Waals surface area contributed by atoms with E-state index in [1.807, 2.05) is 49.4 Å². The molecular formula is C21H24N2O2S. The lowest BCUT2D eigenvalue weighted by Gasteiger charge is -2.28. The van der Waals surface area contributed by atoms with Gasteiger partial charge in [-0.2, -0.15) is 0 Å². The van der Waals surface area contributed by atoms with Crippen LogP contribution in [-0.2, 0) is 11.1 Å². The average Bonchev–Trinajstić information content (AvgIpc) is 3.06. The number of benzene rings is 2.